The summed E-state index contributed by atoms with van der Waals surface area (Å²) in [7, 11) is 0. The Balaban J connectivity index is 2.04. The molecule has 1 aliphatic heterocycles. The molecular formula is C10H14F3NO. The van der Waals surface area contributed by atoms with Crippen LogP contribution in [0.4, 0.5) is 13.2 Å². The standard InChI is InChI=1S/C10H14F3NO/c11-10(12,13)7-1-3-9(15,4-2-7)8-5-14-6-8/h1,3,7-8,14-15H,2,4-6H2. The van der Waals surface area contributed by atoms with Gasteiger partial charge in [-0.2, -0.15) is 13.2 Å². The molecule has 0 aromatic heterocycles. The Labute approximate surface area is 86.2 Å². The summed E-state index contributed by atoms with van der Waals surface area (Å²) in [6, 6.07) is 0. The summed E-state index contributed by atoms with van der Waals surface area (Å²) < 4.78 is 37.0. The van der Waals surface area contributed by atoms with Crippen molar-refractivity contribution in [1.82, 2.24) is 5.32 Å². The number of rotatable bonds is 1. The maximum absolute atomic E-state index is 12.3. The Kier molecular flexibility index (Phi) is 2.55. The van der Waals surface area contributed by atoms with Crippen molar-refractivity contribution >= 4 is 0 Å². The van der Waals surface area contributed by atoms with E-state index >= 15 is 0 Å². The number of nitrogens with one attached hydrogen (secondary N) is 1. The van der Waals surface area contributed by atoms with Gasteiger partial charge in [-0.05, 0) is 12.8 Å². The van der Waals surface area contributed by atoms with Gasteiger partial charge in [0, 0.05) is 19.0 Å². The van der Waals surface area contributed by atoms with Crippen molar-refractivity contribution in [2.24, 2.45) is 11.8 Å². The Morgan fingerprint density at radius 3 is 2.33 bits per heavy atom. The fraction of sp³-hybridized carbons (Fsp3) is 0.800. The lowest BCUT2D eigenvalue weighted by atomic mass is 9.74. The summed E-state index contributed by atoms with van der Waals surface area (Å²) in [5.41, 5.74) is -1.02. The van der Waals surface area contributed by atoms with Gasteiger partial charge in [-0.25, -0.2) is 0 Å². The number of aliphatic hydroxyl groups is 1. The van der Waals surface area contributed by atoms with E-state index < -0.39 is 17.7 Å². The summed E-state index contributed by atoms with van der Waals surface area (Å²) in [6.07, 6.45) is -1.51. The van der Waals surface area contributed by atoms with Crippen LogP contribution < -0.4 is 5.32 Å². The van der Waals surface area contributed by atoms with Crippen molar-refractivity contribution in [2.75, 3.05) is 13.1 Å². The van der Waals surface area contributed by atoms with Gasteiger partial charge in [-0.1, -0.05) is 12.2 Å². The normalized spacial score (nSPS) is 37.7. The van der Waals surface area contributed by atoms with E-state index in [4.69, 9.17) is 0 Å². The van der Waals surface area contributed by atoms with Gasteiger partial charge in [-0.15, -0.1) is 0 Å². The van der Waals surface area contributed by atoms with Gasteiger partial charge in [0.1, 0.15) is 0 Å². The maximum atomic E-state index is 12.3. The van der Waals surface area contributed by atoms with Crippen LogP contribution in [0, 0.1) is 11.8 Å². The molecule has 0 saturated carbocycles. The summed E-state index contributed by atoms with van der Waals surface area (Å²) in [5, 5.41) is 13.1. The topological polar surface area (TPSA) is 32.3 Å². The van der Waals surface area contributed by atoms with E-state index in [0.29, 0.717) is 13.1 Å². The van der Waals surface area contributed by atoms with E-state index in [-0.39, 0.29) is 18.8 Å². The molecule has 2 rings (SSSR count). The smallest absolute Gasteiger partial charge is 0.385 e. The average molecular weight is 221 g/mol. The second-order valence-corrected chi connectivity index (χ2v) is 4.39. The van der Waals surface area contributed by atoms with E-state index in [1.165, 1.54) is 6.08 Å². The zero-order valence-electron chi connectivity index (χ0n) is 8.22. The van der Waals surface area contributed by atoms with Gasteiger partial charge >= 0.3 is 6.18 Å². The van der Waals surface area contributed by atoms with E-state index in [1.54, 1.807) is 0 Å². The molecule has 0 radical (unpaired) electrons. The van der Waals surface area contributed by atoms with Gasteiger partial charge in [0.05, 0.1) is 11.5 Å². The molecule has 86 valence electrons. The molecular weight excluding hydrogens is 207 g/mol. The SMILES string of the molecule is OC1(C2CNC2)C=CC(C(F)(F)F)CC1. The highest BCUT2D eigenvalue weighted by molar-refractivity contribution is 5.13. The van der Waals surface area contributed by atoms with Gasteiger partial charge in [0.2, 0.25) is 0 Å². The summed E-state index contributed by atoms with van der Waals surface area (Å²) >= 11 is 0. The quantitative estimate of drug-likeness (QED) is 0.657. The zero-order valence-corrected chi connectivity index (χ0v) is 8.22. The number of halogens is 3. The van der Waals surface area contributed by atoms with Crippen molar-refractivity contribution in [3.63, 3.8) is 0 Å². The number of allylic oxidation sites excluding steroid dienone is 1. The van der Waals surface area contributed by atoms with Crippen molar-refractivity contribution in [3.05, 3.63) is 12.2 Å². The van der Waals surface area contributed by atoms with E-state index in [1.807, 2.05) is 0 Å². The van der Waals surface area contributed by atoms with Gasteiger partial charge in [-0.3, -0.25) is 0 Å². The molecule has 5 heteroatoms. The minimum Gasteiger partial charge on any atom is -0.385 e. The molecule has 2 aliphatic rings. The molecule has 1 saturated heterocycles. The summed E-state index contributed by atoms with van der Waals surface area (Å²) in [5.74, 6) is -1.31. The Morgan fingerprint density at radius 2 is 2.00 bits per heavy atom. The largest absolute Gasteiger partial charge is 0.395 e. The molecule has 0 aromatic rings. The fourth-order valence-electron chi connectivity index (χ4n) is 2.10. The number of hydrogen-bond donors (Lipinski definition) is 2. The molecule has 1 fully saturated rings. The number of hydrogen-bond acceptors (Lipinski definition) is 2. The summed E-state index contributed by atoms with van der Waals surface area (Å²) in [4.78, 5) is 0. The predicted molar refractivity (Wildman–Crippen MR) is 49.2 cm³/mol. The molecule has 2 unspecified atom stereocenters. The number of alkyl halides is 3. The van der Waals surface area contributed by atoms with Gasteiger partial charge in [0.25, 0.3) is 0 Å². The van der Waals surface area contributed by atoms with Gasteiger partial charge in [0.15, 0.2) is 0 Å². The Morgan fingerprint density at radius 1 is 1.33 bits per heavy atom. The van der Waals surface area contributed by atoms with E-state index in [2.05, 4.69) is 5.32 Å². The van der Waals surface area contributed by atoms with Crippen LogP contribution in [0.5, 0.6) is 0 Å². The van der Waals surface area contributed by atoms with Crippen LogP contribution in [-0.4, -0.2) is 30.0 Å². The maximum Gasteiger partial charge on any atom is 0.395 e. The lowest BCUT2D eigenvalue weighted by Gasteiger charge is -2.42. The molecule has 2 N–H and O–H groups in total. The minimum atomic E-state index is -4.17. The van der Waals surface area contributed by atoms with Crippen molar-refractivity contribution in [3.8, 4) is 0 Å². The predicted octanol–water partition coefficient (Wildman–Crippen LogP) is 1.47. The second-order valence-electron chi connectivity index (χ2n) is 4.39. The fourth-order valence-corrected chi connectivity index (χ4v) is 2.10. The highest BCUT2D eigenvalue weighted by atomic mass is 19.4. The van der Waals surface area contributed by atoms with E-state index in [9.17, 15) is 18.3 Å². The third-order valence-corrected chi connectivity index (χ3v) is 3.38. The third kappa shape index (κ3) is 2.03. The first-order chi connectivity index (χ1) is 6.92. The van der Waals surface area contributed by atoms with Crippen LogP contribution in [0.3, 0.4) is 0 Å². The van der Waals surface area contributed by atoms with Crippen LogP contribution in [0.15, 0.2) is 12.2 Å². The molecule has 0 spiro atoms. The van der Waals surface area contributed by atoms with Crippen LogP contribution >= 0.6 is 0 Å². The van der Waals surface area contributed by atoms with Crippen molar-refractivity contribution < 1.29 is 18.3 Å². The highest BCUT2D eigenvalue weighted by Crippen LogP contribution is 2.40. The van der Waals surface area contributed by atoms with Crippen LogP contribution in [0.25, 0.3) is 0 Å². The minimum absolute atomic E-state index is 0.00694. The van der Waals surface area contributed by atoms with Crippen LogP contribution in [0.1, 0.15) is 12.8 Å². The molecule has 2 atom stereocenters. The first-order valence-electron chi connectivity index (χ1n) is 5.11. The Hall–Kier alpha value is -0.550. The molecule has 0 aromatic carbocycles. The highest BCUT2D eigenvalue weighted by Gasteiger charge is 2.45. The van der Waals surface area contributed by atoms with Crippen molar-refractivity contribution in [2.45, 2.75) is 24.6 Å². The first-order valence-corrected chi connectivity index (χ1v) is 5.11. The molecule has 1 aliphatic carbocycles. The second kappa shape index (κ2) is 3.49. The molecule has 2 nitrogen and oxygen atoms in total. The molecule has 15 heavy (non-hydrogen) atoms. The third-order valence-electron chi connectivity index (χ3n) is 3.38. The molecule has 0 bridgehead atoms. The van der Waals surface area contributed by atoms with E-state index in [0.717, 1.165) is 6.08 Å². The summed E-state index contributed by atoms with van der Waals surface area (Å²) in [6.45, 7) is 1.38. The van der Waals surface area contributed by atoms with Crippen LogP contribution in [0.2, 0.25) is 0 Å². The lowest BCUT2D eigenvalue weighted by molar-refractivity contribution is -0.168. The first kappa shape index (κ1) is 11.0. The van der Waals surface area contributed by atoms with Gasteiger partial charge < -0.3 is 10.4 Å². The van der Waals surface area contributed by atoms with Crippen LogP contribution in [-0.2, 0) is 0 Å². The lowest BCUT2D eigenvalue weighted by Crippen LogP contribution is -2.56. The van der Waals surface area contributed by atoms with Crippen molar-refractivity contribution in [1.29, 1.82) is 0 Å². The monoisotopic (exact) mass is 221 g/mol. The zero-order chi connectivity index (χ0) is 11.1. The molecule has 1 heterocycles. The average Bonchev–Trinajstić information content (AvgIpc) is 1.98. The molecule has 0 amide bonds. The Bertz CT molecular complexity index is 272.